The highest BCUT2D eigenvalue weighted by atomic mass is 16.1. The highest BCUT2D eigenvalue weighted by Gasteiger charge is 2.24. The van der Waals surface area contributed by atoms with E-state index < -0.39 is 0 Å². The molecule has 1 aliphatic carbocycles. The van der Waals surface area contributed by atoms with E-state index in [-0.39, 0.29) is 5.91 Å². The number of hydrogen-bond acceptors (Lipinski definition) is 1. The van der Waals surface area contributed by atoms with Crippen LogP contribution in [0.2, 0.25) is 0 Å². The molecule has 1 aromatic heterocycles. The van der Waals surface area contributed by atoms with E-state index in [0.717, 1.165) is 18.4 Å². The smallest absolute Gasteiger partial charge is 0.220 e. The first kappa shape index (κ1) is 13.2. The molecule has 0 saturated heterocycles. The van der Waals surface area contributed by atoms with Crippen molar-refractivity contribution in [3.05, 3.63) is 36.0 Å². The van der Waals surface area contributed by atoms with Gasteiger partial charge in [0.1, 0.15) is 0 Å². The molecular weight excluding hydrogens is 248 g/mol. The Labute approximate surface area is 119 Å². The van der Waals surface area contributed by atoms with Gasteiger partial charge in [0.15, 0.2) is 0 Å². The van der Waals surface area contributed by atoms with Gasteiger partial charge in [0.2, 0.25) is 5.91 Å². The molecule has 106 valence electrons. The Kier molecular flexibility index (Phi) is 3.77. The lowest BCUT2D eigenvalue weighted by Crippen LogP contribution is -2.36. The minimum Gasteiger partial charge on any atom is -0.361 e. The van der Waals surface area contributed by atoms with E-state index in [1.54, 1.807) is 0 Å². The standard InChI is InChI=1S/C17H22N2O/c1-12-5-4-8-15(12)19-17(20)10-9-13-11-18-16-7-3-2-6-14(13)16/h2-3,6-7,11-12,15,18H,4-5,8-10H2,1H3,(H,19,20). The summed E-state index contributed by atoms with van der Waals surface area (Å²) in [5, 5.41) is 4.42. The summed E-state index contributed by atoms with van der Waals surface area (Å²) < 4.78 is 0. The second-order valence-corrected chi connectivity index (χ2v) is 5.94. The first-order chi connectivity index (χ1) is 9.74. The maximum absolute atomic E-state index is 12.1. The minimum absolute atomic E-state index is 0.189. The molecular formula is C17H22N2O. The highest BCUT2D eigenvalue weighted by molar-refractivity contribution is 5.84. The largest absolute Gasteiger partial charge is 0.361 e. The van der Waals surface area contributed by atoms with Crippen LogP contribution in [0.1, 0.15) is 38.2 Å². The van der Waals surface area contributed by atoms with Crippen molar-refractivity contribution in [2.45, 2.75) is 45.1 Å². The maximum Gasteiger partial charge on any atom is 0.220 e. The Morgan fingerprint density at radius 1 is 1.35 bits per heavy atom. The first-order valence-electron chi connectivity index (χ1n) is 7.58. The van der Waals surface area contributed by atoms with Gasteiger partial charge in [-0.2, -0.15) is 0 Å². The maximum atomic E-state index is 12.1. The Balaban J connectivity index is 1.57. The lowest BCUT2D eigenvalue weighted by Gasteiger charge is -2.17. The number of aryl methyl sites for hydroxylation is 1. The number of aromatic nitrogens is 1. The molecule has 0 radical (unpaired) electrons. The third-order valence-corrected chi connectivity index (χ3v) is 4.50. The summed E-state index contributed by atoms with van der Waals surface area (Å²) in [4.78, 5) is 15.3. The fourth-order valence-corrected chi connectivity index (χ4v) is 3.23. The molecule has 1 aromatic carbocycles. The van der Waals surface area contributed by atoms with Crippen LogP contribution in [0.3, 0.4) is 0 Å². The van der Waals surface area contributed by atoms with Crippen LogP contribution in [-0.2, 0) is 11.2 Å². The van der Waals surface area contributed by atoms with Crippen LogP contribution in [0.4, 0.5) is 0 Å². The third-order valence-electron chi connectivity index (χ3n) is 4.50. The van der Waals surface area contributed by atoms with Crippen LogP contribution in [0.5, 0.6) is 0 Å². The molecule has 0 spiro atoms. The van der Waals surface area contributed by atoms with Crippen molar-refractivity contribution >= 4 is 16.8 Å². The zero-order chi connectivity index (χ0) is 13.9. The van der Waals surface area contributed by atoms with Crippen molar-refractivity contribution in [2.75, 3.05) is 0 Å². The monoisotopic (exact) mass is 270 g/mol. The number of H-pyrrole nitrogens is 1. The van der Waals surface area contributed by atoms with Gasteiger partial charge < -0.3 is 10.3 Å². The van der Waals surface area contributed by atoms with Gasteiger partial charge in [0.05, 0.1) is 0 Å². The summed E-state index contributed by atoms with van der Waals surface area (Å²) in [7, 11) is 0. The van der Waals surface area contributed by atoms with Crippen LogP contribution in [0.15, 0.2) is 30.5 Å². The Hall–Kier alpha value is -1.77. The Morgan fingerprint density at radius 2 is 2.20 bits per heavy atom. The van der Waals surface area contributed by atoms with Gasteiger partial charge in [0.25, 0.3) is 0 Å². The van der Waals surface area contributed by atoms with Gasteiger partial charge in [0, 0.05) is 29.6 Å². The molecule has 3 heteroatoms. The number of rotatable bonds is 4. The molecule has 1 amide bonds. The Morgan fingerprint density at radius 3 is 3.00 bits per heavy atom. The molecule has 3 rings (SSSR count). The summed E-state index contributed by atoms with van der Waals surface area (Å²) >= 11 is 0. The van der Waals surface area contributed by atoms with Crippen molar-refractivity contribution in [1.82, 2.24) is 10.3 Å². The van der Waals surface area contributed by atoms with Gasteiger partial charge in [-0.25, -0.2) is 0 Å². The van der Waals surface area contributed by atoms with Crippen molar-refractivity contribution in [3.63, 3.8) is 0 Å². The molecule has 1 fully saturated rings. The highest BCUT2D eigenvalue weighted by Crippen LogP contribution is 2.25. The fraction of sp³-hybridized carbons (Fsp3) is 0.471. The quantitative estimate of drug-likeness (QED) is 0.878. The number of amides is 1. The number of fused-ring (bicyclic) bond motifs is 1. The van der Waals surface area contributed by atoms with Gasteiger partial charge in [-0.1, -0.05) is 31.5 Å². The van der Waals surface area contributed by atoms with Crippen molar-refractivity contribution in [3.8, 4) is 0 Å². The second-order valence-electron chi connectivity index (χ2n) is 5.94. The molecule has 2 aromatic rings. The predicted molar refractivity (Wildman–Crippen MR) is 81.6 cm³/mol. The molecule has 1 heterocycles. The van der Waals surface area contributed by atoms with Crippen molar-refractivity contribution < 1.29 is 4.79 Å². The average molecular weight is 270 g/mol. The van der Waals surface area contributed by atoms with Crippen molar-refractivity contribution in [2.24, 2.45) is 5.92 Å². The van der Waals surface area contributed by atoms with Crippen LogP contribution >= 0.6 is 0 Å². The number of benzene rings is 1. The molecule has 1 saturated carbocycles. The van der Waals surface area contributed by atoms with Gasteiger partial charge in [-0.15, -0.1) is 0 Å². The number of carbonyl (C=O) groups is 1. The van der Waals surface area contributed by atoms with Crippen LogP contribution in [-0.4, -0.2) is 16.9 Å². The number of nitrogens with one attached hydrogen (secondary N) is 2. The number of hydrogen-bond donors (Lipinski definition) is 2. The van der Waals surface area contributed by atoms with E-state index in [1.165, 1.54) is 23.8 Å². The summed E-state index contributed by atoms with van der Waals surface area (Å²) in [6.45, 7) is 2.23. The minimum atomic E-state index is 0.189. The summed E-state index contributed by atoms with van der Waals surface area (Å²) in [5.41, 5.74) is 2.38. The molecule has 0 aliphatic heterocycles. The predicted octanol–water partition coefficient (Wildman–Crippen LogP) is 3.41. The van der Waals surface area contributed by atoms with Crippen molar-refractivity contribution in [1.29, 1.82) is 0 Å². The van der Waals surface area contributed by atoms with Crippen LogP contribution in [0.25, 0.3) is 10.9 Å². The number of para-hydroxylation sites is 1. The molecule has 2 unspecified atom stereocenters. The van der Waals surface area contributed by atoms with Crippen LogP contribution in [0, 0.1) is 5.92 Å². The topological polar surface area (TPSA) is 44.9 Å². The molecule has 2 N–H and O–H groups in total. The van der Waals surface area contributed by atoms with E-state index in [0.29, 0.717) is 18.4 Å². The molecule has 20 heavy (non-hydrogen) atoms. The normalized spacial score (nSPS) is 22.2. The summed E-state index contributed by atoms with van der Waals surface area (Å²) in [6, 6.07) is 8.64. The molecule has 2 atom stereocenters. The number of carbonyl (C=O) groups excluding carboxylic acids is 1. The van der Waals surface area contributed by atoms with Crippen LogP contribution < -0.4 is 5.32 Å². The third kappa shape index (κ3) is 2.72. The number of aromatic amines is 1. The van der Waals surface area contributed by atoms with E-state index in [4.69, 9.17) is 0 Å². The first-order valence-corrected chi connectivity index (χ1v) is 7.58. The lowest BCUT2D eigenvalue weighted by atomic mass is 10.1. The van der Waals surface area contributed by atoms with Gasteiger partial charge in [-0.3, -0.25) is 4.79 Å². The fourth-order valence-electron chi connectivity index (χ4n) is 3.23. The molecule has 3 nitrogen and oxygen atoms in total. The lowest BCUT2D eigenvalue weighted by molar-refractivity contribution is -0.121. The summed E-state index contributed by atoms with van der Waals surface area (Å²) in [5.74, 6) is 0.820. The van der Waals surface area contributed by atoms with E-state index in [9.17, 15) is 4.79 Å². The zero-order valence-electron chi connectivity index (χ0n) is 12.0. The van der Waals surface area contributed by atoms with E-state index in [1.807, 2.05) is 18.3 Å². The molecule has 0 bridgehead atoms. The van der Waals surface area contributed by atoms with E-state index in [2.05, 4.69) is 29.4 Å². The van der Waals surface area contributed by atoms with Gasteiger partial charge in [-0.05, 0) is 36.8 Å². The second kappa shape index (κ2) is 5.70. The van der Waals surface area contributed by atoms with E-state index >= 15 is 0 Å². The average Bonchev–Trinajstić information content (AvgIpc) is 3.04. The zero-order valence-corrected chi connectivity index (χ0v) is 12.0. The summed E-state index contributed by atoms with van der Waals surface area (Å²) in [6.07, 6.45) is 7.03. The SMILES string of the molecule is CC1CCCC1NC(=O)CCc1c[nH]c2ccccc12. The Bertz CT molecular complexity index is 602. The van der Waals surface area contributed by atoms with Gasteiger partial charge >= 0.3 is 0 Å². The molecule has 1 aliphatic rings.